The molecule has 1 spiro atoms. The van der Waals surface area contributed by atoms with Crippen molar-refractivity contribution >= 4 is 17.5 Å². The van der Waals surface area contributed by atoms with E-state index in [4.69, 9.17) is 0 Å². The van der Waals surface area contributed by atoms with Gasteiger partial charge in [-0.15, -0.1) is 0 Å². The maximum atomic E-state index is 12.5. The van der Waals surface area contributed by atoms with Crippen molar-refractivity contribution in [2.24, 2.45) is 5.41 Å². The first-order chi connectivity index (χ1) is 12.1. The molecule has 1 atom stereocenters. The third-order valence-corrected chi connectivity index (χ3v) is 5.33. The zero-order valence-electron chi connectivity index (χ0n) is 13.7. The fourth-order valence-electron chi connectivity index (χ4n) is 3.84. The number of hydrogen-bond donors (Lipinski definition) is 2. The number of hydrogen-bond acceptors (Lipinski definition) is 4. The summed E-state index contributed by atoms with van der Waals surface area (Å²) in [5.41, 5.74) is 2.73. The summed E-state index contributed by atoms with van der Waals surface area (Å²) in [4.78, 5) is 28.6. The van der Waals surface area contributed by atoms with Gasteiger partial charge in [-0.1, -0.05) is 6.07 Å². The number of fused-ring (bicyclic) bond motifs is 1. The Bertz CT molecular complexity index is 837. The van der Waals surface area contributed by atoms with Gasteiger partial charge in [-0.25, -0.2) is 0 Å². The Kier molecular flexibility index (Phi) is 3.77. The van der Waals surface area contributed by atoms with E-state index >= 15 is 0 Å². The average Bonchev–Trinajstić information content (AvgIpc) is 3.00. The molecule has 0 radical (unpaired) electrons. The van der Waals surface area contributed by atoms with Crippen LogP contribution in [-0.4, -0.2) is 28.6 Å². The number of amides is 2. The minimum absolute atomic E-state index is 0.150. The largest absolute Gasteiger partial charge is 0.356 e. The van der Waals surface area contributed by atoms with Gasteiger partial charge in [0.25, 0.3) is 5.91 Å². The van der Waals surface area contributed by atoms with Crippen LogP contribution in [0.3, 0.4) is 0 Å². The van der Waals surface area contributed by atoms with Crippen LogP contribution < -0.4 is 10.4 Å². The van der Waals surface area contributed by atoms with Crippen LogP contribution in [0.2, 0.25) is 0 Å². The fraction of sp³-hybridized carbons (Fsp3) is 0.316. The van der Waals surface area contributed by atoms with E-state index in [1.807, 2.05) is 12.1 Å². The molecule has 6 heteroatoms. The van der Waals surface area contributed by atoms with Crippen LogP contribution in [0.5, 0.6) is 0 Å². The number of nitrogens with one attached hydrogen (secondary N) is 1. The maximum Gasteiger partial charge on any atom is 0.281 e. The van der Waals surface area contributed by atoms with E-state index in [0.717, 1.165) is 43.4 Å². The number of benzene rings is 1. The Labute approximate surface area is 145 Å². The molecule has 1 aromatic carbocycles. The van der Waals surface area contributed by atoms with Crippen molar-refractivity contribution < 1.29 is 14.8 Å². The standard InChI is InChI=1S/C19H19N3O3/c23-17(22(25)16-4-8-20-9-5-16)14-1-2-15-12-19(6-3-13(15)11-14)7-10-21-18(19)24/h1-2,4-5,8-9,11,25H,3,6-7,10,12H2,(H,21,24)/t19-/m0/s1. The molecule has 1 saturated heterocycles. The molecule has 128 valence electrons. The zero-order chi connectivity index (χ0) is 17.4. The lowest BCUT2D eigenvalue weighted by Gasteiger charge is -2.32. The van der Waals surface area contributed by atoms with Gasteiger partial charge in [-0.05, 0) is 61.1 Å². The van der Waals surface area contributed by atoms with Gasteiger partial charge in [0.15, 0.2) is 0 Å². The molecule has 2 N–H and O–H groups in total. The molecule has 1 aromatic heterocycles. The van der Waals surface area contributed by atoms with E-state index in [0.29, 0.717) is 16.3 Å². The van der Waals surface area contributed by atoms with Gasteiger partial charge >= 0.3 is 0 Å². The minimum atomic E-state index is -0.479. The summed E-state index contributed by atoms with van der Waals surface area (Å²) < 4.78 is 0. The lowest BCUT2D eigenvalue weighted by atomic mass is 9.70. The van der Waals surface area contributed by atoms with Crippen LogP contribution in [0.25, 0.3) is 0 Å². The molecule has 2 heterocycles. The molecule has 1 aliphatic heterocycles. The molecule has 1 aliphatic carbocycles. The van der Waals surface area contributed by atoms with Crippen molar-refractivity contribution in [1.29, 1.82) is 0 Å². The predicted molar refractivity (Wildman–Crippen MR) is 91.4 cm³/mol. The summed E-state index contributed by atoms with van der Waals surface area (Å²) in [6.07, 6.45) is 6.20. The molecule has 2 aromatic rings. The summed E-state index contributed by atoms with van der Waals surface area (Å²) in [6.45, 7) is 0.746. The Hall–Kier alpha value is -2.73. The van der Waals surface area contributed by atoms with Crippen LogP contribution in [0.1, 0.15) is 34.3 Å². The third kappa shape index (κ3) is 2.68. The van der Waals surface area contributed by atoms with E-state index in [2.05, 4.69) is 10.3 Å². The molecule has 0 bridgehead atoms. The zero-order valence-corrected chi connectivity index (χ0v) is 13.7. The number of hydroxylamine groups is 1. The minimum Gasteiger partial charge on any atom is -0.356 e. The van der Waals surface area contributed by atoms with E-state index in [1.54, 1.807) is 18.2 Å². The van der Waals surface area contributed by atoms with Gasteiger partial charge in [0.1, 0.15) is 0 Å². The molecular weight excluding hydrogens is 318 g/mol. The maximum absolute atomic E-state index is 12.5. The number of nitrogens with zero attached hydrogens (tertiary/aromatic N) is 2. The second-order valence-corrected chi connectivity index (χ2v) is 6.77. The highest BCUT2D eigenvalue weighted by molar-refractivity contribution is 6.04. The molecule has 0 unspecified atom stereocenters. The van der Waals surface area contributed by atoms with Gasteiger partial charge in [-0.3, -0.25) is 19.8 Å². The highest BCUT2D eigenvalue weighted by atomic mass is 16.5. The number of aryl methyl sites for hydroxylation is 1. The Morgan fingerprint density at radius 3 is 2.68 bits per heavy atom. The second-order valence-electron chi connectivity index (χ2n) is 6.77. The molecule has 25 heavy (non-hydrogen) atoms. The normalized spacial score (nSPS) is 21.7. The van der Waals surface area contributed by atoms with Gasteiger partial charge < -0.3 is 5.32 Å². The first-order valence-corrected chi connectivity index (χ1v) is 8.43. The van der Waals surface area contributed by atoms with E-state index in [1.165, 1.54) is 12.4 Å². The molecule has 2 aliphatic rings. The van der Waals surface area contributed by atoms with E-state index < -0.39 is 5.91 Å². The van der Waals surface area contributed by atoms with Crippen molar-refractivity contribution in [3.8, 4) is 0 Å². The monoisotopic (exact) mass is 337 g/mol. The van der Waals surface area contributed by atoms with Crippen LogP contribution in [-0.2, 0) is 17.6 Å². The SMILES string of the molecule is O=C(c1ccc2c(c1)CC[C@]1(CCNC1=O)C2)N(O)c1ccncc1. The summed E-state index contributed by atoms with van der Waals surface area (Å²) >= 11 is 0. The van der Waals surface area contributed by atoms with E-state index in [9.17, 15) is 14.8 Å². The van der Waals surface area contributed by atoms with Gasteiger partial charge in [-0.2, -0.15) is 5.06 Å². The third-order valence-electron chi connectivity index (χ3n) is 5.33. The summed E-state index contributed by atoms with van der Waals surface area (Å²) in [6, 6.07) is 8.60. The van der Waals surface area contributed by atoms with Crippen LogP contribution in [0, 0.1) is 5.41 Å². The lowest BCUT2D eigenvalue weighted by molar-refractivity contribution is -0.128. The molecule has 6 nitrogen and oxygen atoms in total. The predicted octanol–water partition coefficient (Wildman–Crippen LogP) is 2.11. The molecule has 4 rings (SSSR count). The quantitative estimate of drug-likeness (QED) is 0.649. The molecule has 0 saturated carbocycles. The fourth-order valence-corrected chi connectivity index (χ4v) is 3.84. The molecule has 1 fully saturated rings. The van der Waals surface area contributed by atoms with Crippen molar-refractivity contribution in [2.75, 3.05) is 11.6 Å². The Morgan fingerprint density at radius 2 is 1.96 bits per heavy atom. The summed E-state index contributed by atoms with van der Waals surface area (Å²) in [5, 5.41) is 13.7. The molecular formula is C19H19N3O3. The van der Waals surface area contributed by atoms with Crippen LogP contribution >= 0.6 is 0 Å². The highest BCUT2D eigenvalue weighted by Gasteiger charge is 2.44. The number of pyridine rings is 1. The van der Waals surface area contributed by atoms with Crippen LogP contribution in [0.4, 0.5) is 5.69 Å². The van der Waals surface area contributed by atoms with E-state index in [-0.39, 0.29) is 11.3 Å². The molecule has 2 amide bonds. The highest BCUT2D eigenvalue weighted by Crippen LogP contribution is 2.41. The first kappa shape index (κ1) is 15.8. The van der Waals surface area contributed by atoms with Crippen molar-refractivity contribution in [2.45, 2.75) is 25.7 Å². The number of anilines is 1. The smallest absolute Gasteiger partial charge is 0.281 e. The number of aromatic nitrogens is 1. The summed E-state index contributed by atoms with van der Waals surface area (Å²) in [7, 11) is 0. The second kappa shape index (κ2) is 5.97. The number of rotatable bonds is 2. The van der Waals surface area contributed by atoms with Gasteiger partial charge in [0.05, 0.1) is 11.1 Å². The first-order valence-electron chi connectivity index (χ1n) is 8.43. The Balaban J connectivity index is 1.58. The Morgan fingerprint density at radius 1 is 1.16 bits per heavy atom. The van der Waals surface area contributed by atoms with Crippen molar-refractivity contribution in [1.82, 2.24) is 10.3 Å². The number of carbonyl (C=O) groups is 2. The van der Waals surface area contributed by atoms with Gasteiger partial charge in [0.2, 0.25) is 5.91 Å². The van der Waals surface area contributed by atoms with Gasteiger partial charge in [0, 0.05) is 24.5 Å². The average molecular weight is 337 g/mol. The lowest BCUT2D eigenvalue weighted by Crippen LogP contribution is -2.36. The summed E-state index contributed by atoms with van der Waals surface area (Å²) in [5.74, 6) is -0.328. The van der Waals surface area contributed by atoms with Crippen molar-refractivity contribution in [3.05, 3.63) is 59.4 Å². The van der Waals surface area contributed by atoms with Crippen molar-refractivity contribution in [3.63, 3.8) is 0 Å². The topological polar surface area (TPSA) is 82.5 Å². The van der Waals surface area contributed by atoms with Crippen LogP contribution in [0.15, 0.2) is 42.7 Å². The number of carbonyl (C=O) groups excluding carboxylic acids is 2.